The average molecular weight is 277 g/mol. The molecule has 1 N–H and O–H groups in total. The summed E-state index contributed by atoms with van der Waals surface area (Å²) in [6.07, 6.45) is 0. The van der Waals surface area contributed by atoms with Crippen molar-refractivity contribution in [2.75, 3.05) is 5.32 Å². The summed E-state index contributed by atoms with van der Waals surface area (Å²) in [6, 6.07) is 0.456. The van der Waals surface area contributed by atoms with Gasteiger partial charge in [0.15, 0.2) is 0 Å². The van der Waals surface area contributed by atoms with Gasteiger partial charge in [-0.25, -0.2) is 0 Å². The Labute approximate surface area is 119 Å². The largest absolute Gasteiger partial charge is 0.408 e. The van der Waals surface area contributed by atoms with Crippen LogP contribution in [-0.4, -0.2) is 20.0 Å². The lowest BCUT2D eigenvalue weighted by Crippen LogP contribution is -2.11. The summed E-state index contributed by atoms with van der Waals surface area (Å²) in [7, 11) is 0. The molecule has 0 aliphatic rings. The van der Waals surface area contributed by atoms with E-state index in [1.54, 1.807) is 0 Å². The molecule has 2 heterocycles. The molecule has 2 aromatic heterocycles. The van der Waals surface area contributed by atoms with Crippen LogP contribution in [0.4, 0.5) is 6.01 Å². The molecule has 0 aliphatic carbocycles. The molecule has 0 fully saturated rings. The first kappa shape index (κ1) is 14.6. The summed E-state index contributed by atoms with van der Waals surface area (Å²) in [5.41, 5.74) is 3.26. The first-order valence-electron chi connectivity index (χ1n) is 6.93. The van der Waals surface area contributed by atoms with Crippen LogP contribution in [0, 0.1) is 13.8 Å². The molecule has 0 aromatic carbocycles. The third-order valence-electron chi connectivity index (χ3n) is 3.31. The number of anilines is 1. The molecule has 0 bridgehead atoms. The molecule has 0 unspecified atom stereocenters. The molecule has 2 rings (SSSR count). The number of nitrogens with zero attached hydrogens (tertiary/aromatic N) is 4. The number of nitrogens with one attached hydrogen (secondary N) is 1. The van der Waals surface area contributed by atoms with Crippen molar-refractivity contribution in [1.29, 1.82) is 0 Å². The van der Waals surface area contributed by atoms with Crippen molar-refractivity contribution in [3.8, 4) is 0 Å². The maximum atomic E-state index is 5.62. The van der Waals surface area contributed by atoms with Gasteiger partial charge in [0.2, 0.25) is 5.89 Å². The second kappa shape index (κ2) is 5.26. The number of aryl methyl sites for hydroxylation is 2. The highest BCUT2D eigenvalue weighted by Crippen LogP contribution is 2.22. The molecule has 2 aromatic rings. The van der Waals surface area contributed by atoms with E-state index in [1.807, 2.05) is 32.4 Å². The van der Waals surface area contributed by atoms with E-state index < -0.39 is 0 Å². The van der Waals surface area contributed by atoms with Gasteiger partial charge in [-0.3, -0.25) is 4.68 Å². The fourth-order valence-electron chi connectivity index (χ4n) is 2.06. The Morgan fingerprint density at radius 2 is 1.90 bits per heavy atom. The molecule has 0 radical (unpaired) electrons. The van der Waals surface area contributed by atoms with Gasteiger partial charge in [0.1, 0.15) is 0 Å². The van der Waals surface area contributed by atoms with Gasteiger partial charge in [0.25, 0.3) is 0 Å². The summed E-state index contributed by atoms with van der Waals surface area (Å²) < 4.78 is 7.62. The van der Waals surface area contributed by atoms with Crippen LogP contribution in [0.15, 0.2) is 4.42 Å². The minimum Gasteiger partial charge on any atom is -0.408 e. The summed E-state index contributed by atoms with van der Waals surface area (Å²) in [5, 5.41) is 15.8. The predicted molar refractivity (Wildman–Crippen MR) is 77.7 cm³/mol. The van der Waals surface area contributed by atoms with Crippen LogP contribution in [0.3, 0.4) is 0 Å². The van der Waals surface area contributed by atoms with Gasteiger partial charge in [-0.15, -0.1) is 5.10 Å². The van der Waals surface area contributed by atoms with E-state index in [4.69, 9.17) is 4.42 Å². The van der Waals surface area contributed by atoms with Gasteiger partial charge >= 0.3 is 6.01 Å². The lowest BCUT2D eigenvalue weighted by molar-refractivity contribution is 0.399. The lowest BCUT2D eigenvalue weighted by atomic mass is 9.97. The minimum atomic E-state index is -0.133. The number of rotatable bonds is 4. The molecule has 20 heavy (non-hydrogen) atoms. The number of hydrogen-bond donors (Lipinski definition) is 1. The molecular formula is C14H23N5O. The Morgan fingerprint density at radius 1 is 1.20 bits per heavy atom. The topological polar surface area (TPSA) is 68.8 Å². The van der Waals surface area contributed by atoms with Crippen molar-refractivity contribution in [2.45, 2.75) is 60.0 Å². The maximum Gasteiger partial charge on any atom is 0.315 e. The van der Waals surface area contributed by atoms with E-state index in [0.717, 1.165) is 12.2 Å². The third-order valence-corrected chi connectivity index (χ3v) is 3.31. The highest BCUT2D eigenvalue weighted by Gasteiger charge is 2.21. The third kappa shape index (κ3) is 2.84. The van der Waals surface area contributed by atoms with E-state index in [1.165, 1.54) is 11.3 Å². The van der Waals surface area contributed by atoms with E-state index >= 15 is 0 Å². The Morgan fingerprint density at radius 3 is 2.40 bits per heavy atom. The van der Waals surface area contributed by atoms with Crippen LogP contribution in [0.25, 0.3) is 0 Å². The highest BCUT2D eigenvalue weighted by molar-refractivity contribution is 5.29. The SMILES string of the molecule is CCn1nc(C)c(CNc2nnc(C(C)(C)C)o2)c1C. The standard InChI is InChI=1S/C14H23N5O/c1-7-19-10(3)11(9(2)18-19)8-15-13-17-16-12(20-13)14(4,5)6/h7-8H2,1-6H3,(H,15,17). The second-order valence-electron chi connectivity index (χ2n) is 5.98. The molecular weight excluding hydrogens is 254 g/mol. The fraction of sp³-hybridized carbons (Fsp3) is 0.643. The van der Waals surface area contributed by atoms with Crippen LogP contribution in [0.2, 0.25) is 0 Å². The highest BCUT2D eigenvalue weighted by atomic mass is 16.4. The Kier molecular flexibility index (Phi) is 3.83. The summed E-state index contributed by atoms with van der Waals surface area (Å²) in [4.78, 5) is 0. The molecule has 0 saturated heterocycles. The zero-order valence-corrected chi connectivity index (χ0v) is 13.1. The Hall–Kier alpha value is -1.85. The molecule has 0 atom stereocenters. The predicted octanol–water partition coefficient (Wildman–Crippen LogP) is 2.81. The Balaban J connectivity index is 2.09. The molecule has 6 heteroatoms. The monoisotopic (exact) mass is 277 g/mol. The minimum absolute atomic E-state index is 0.133. The van der Waals surface area contributed by atoms with Gasteiger partial charge in [0, 0.05) is 29.8 Å². The van der Waals surface area contributed by atoms with Gasteiger partial charge in [0.05, 0.1) is 5.69 Å². The van der Waals surface area contributed by atoms with Crippen molar-refractivity contribution in [3.05, 3.63) is 22.8 Å². The average Bonchev–Trinajstić information content (AvgIpc) is 2.93. The first-order valence-corrected chi connectivity index (χ1v) is 6.93. The van der Waals surface area contributed by atoms with E-state index in [0.29, 0.717) is 18.5 Å². The summed E-state index contributed by atoms with van der Waals surface area (Å²) in [6.45, 7) is 13.8. The summed E-state index contributed by atoms with van der Waals surface area (Å²) in [5.74, 6) is 0.637. The van der Waals surface area contributed by atoms with Gasteiger partial charge in [-0.05, 0) is 20.8 Å². The van der Waals surface area contributed by atoms with Crippen molar-refractivity contribution in [1.82, 2.24) is 20.0 Å². The van der Waals surface area contributed by atoms with Crippen molar-refractivity contribution in [3.63, 3.8) is 0 Å². The zero-order valence-electron chi connectivity index (χ0n) is 13.1. The fourth-order valence-corrected chi connectivity index (χ4v) is 2.06. The summed E-state index contributed by atoms with van der Waals surface area (Å²) >= 11 is 0. The van der Waals surface area contributed by atoms with Crippen molar-refractivity contribution in [2.24, 2.45) is 0 Å². The smallest absolute Gasteiger partial charge is 0.315 e. The van der Waals surface area contributed by atoms with E-state index in [2.05, 4.69) is 34.5 Å². The first-order chi connectivity index (χ1) is 9.32. The molecule has 0 spiro atoms. The van der Waals surface area contributed by atoms with Crippen LogP contribution in [0.5, 0.6) is 0 Å². The van der Waals surface area contributed by atoms with Gasteiger partial charge in [-0.2, -0.15) is 5.10 Å². The quantitative estimate of drug-likeness (QED) is 0.930. The molecule has 0 aliphatic heterocycles. The van der Waals surface area contributed by atoms with Crippen LogP contribution in [0.1, 0.15) is 50.5 Å². The van der Waals surface area contributed by atoms with E-state index in [-0.39, 0.29) is 5.41 Å². The van der Waals surface area contributed by atoms with Crippen LogP contribution >= 0.6 is 0 Å². The molecule has 0 saturated carbocycles. The molecule has 6 nitrogen and oxygen atoms in total. The second-order valence-corrected chi connectivity index (χ2v) is 5.98. The number of aromatic nitrogens is 4. The Bertz CT molecular complexity index is 591. The van der Waals surface area contributed by atoms with Crippen LogP contribution < -0.4 is 5.32 Å². The van der Waals surface area contributed by atoms with Crippen molar-refractivity contribution >= 4 is 6.01 Å². The van der Waals surface area contributed by atoms with Crippen molar-refractivity contribution < 1.29 is 4.42 Å². The normalized spacial score (nSPS) is 11.9. The number of hydrogen-bond acceptors (Lipinski definition) is 5. The molecule has 110 valence electrons. The zero-order chi connectivity index (χ0) is 14.9. The van der Waals surface area contributed by atoms with Gasteiger partial charge < -0.3 is 9.73 Å². The maximum absolute atomic E-state index is 5.62. The lowest BCUT2D eigenvalue weighted by Gasteiger charge is -2.11. The van der Waals surface area contributed by atoms with Crippen LogP contribution in [-0.2, 0) is 18.5 Å². The van der Waals surface area contributed by atoms with Gasteiger partial charge in [-0.1, -0.05) is 25.9 Å². The van der Waals surface area contributed by atoms with E-state index in [9.17, 15) is 0 Å². The molecule has 0 amide bonds.